The number of esters is 1. The van der Waals surface area contributed by atoms with Gasteiger partial charge in [-0.25, -0.2) is 4.57 Å². The minimum absolute atomic E-state index is 0.0434. The Kier molecular flexibility index (Phi) is 36.5. The molecule has 55 heavy (non-hydrogen) atoms. The van der Waals surface area contributed by atoms with Crippen molar-refractivity contribution in [2.24, 2.45) is 5.73 Å². The number of nitrogens with two attached hydrogens (primary N) is 1. The van der Waals surface area contributed by atoms with Crippen LogP contribution < -0.4 is 5.73 Å². The molecule has 0 spiro atoms. The number of carbonyl (C=O) groups is 2. The first-order chi connectivity index (χ1) is 26.7. The number of aliphatic carboxylic acids is 1. The first-order valence-electron chi connectivity index (χ1n) is 19.9. The molecule has 3 atom stereocenters. The van der Waals surface area contributed by atoms with E-state index in [2.05, 4.69) is 128 Å². The van der Waals surface area contributed by atoms with Gasteiger partial charge in [0.25, 0.3) is 0 Å². The number of carboxylic acids is 1. The first kappa shape index (κ1) is 51.6. The molecule has 310 valence electrons. The summed E-state index contributed by atoms with van der Waals surface area (Å²) in [6.07, 6.45) is 51.6. The number of hydrogen-bond acceptors (Lipinski definition) is 8. The van der Waals surface area contributed by atoms with E-state index < -0.39 is 45.1 Å². The number of hydrogen-bond donors (Lipinski definition) is 3. The predicted molar refractivity (Wildman–Crippen MR) is 226 cm³/mol. The van der Waals surface area contributed by atoms with Gasteiger partial charge in [0.1, 0.15) is 12.1 Å². The van der Waals surface area contributed by atoms with E-state index in [9.17, 15) is 19.0 Å². The van der Waals surface area contributed by atoms with E-state index >= 15 is 0 Å². The van der Waals surface area contributed by atoms with Crippen molar-refractivity contribution in [1.29, 1.82) is 0 Å². The molecule has 0 aliphatic heterocycles. The molecule has 0 heterocycles. The van der Waals surface area contributed by atoms with Gasteiger partial charge in [-0.05, 0) is 89.9 Å². The molecule has 3 unspecified atom stereocenters. The highest BCUT2D eigenvalue weighted by Gasteiger charge is 2.27. The molecular weight excluding hydrogens is 717 g/mol. The lowest BCUT2D eigenvalue weighted by Gasteiger charge is -2.20. The highest BCUT2D eigenvalue weighted by atomic mass is 31.2. The van der Waals surface area contributed by atoms with Crippen LogP contribution in [0.2, 0.25) is 0 Å². The third kappa shape index (κ3) is 38.7. The minimum atomic E-state index is -4.64. The van der Waals surface area contributed by atoms with Crippen LogP contribution in [-0.2, 0) is 32.7 Å². The summed E-state index contributed by atoms with van der Waals surface area (Å²) < 4.78 is 33.1. The van der Waals surface area contributed by atoms with Crippen LogP contribution in [0.1, 0.15) is 117 Å². The van der Waals surface area contributed by atoms with Gasteiger partial charge in [-0.15, -0.1) is 0 Å². The van der Waals surface area contributed by atoms with E-state index in [-0.39, 0.29) is 13.0 Å². The molecule has 0 saturated carbocycles. The zero-order valence-corrected chi connectivity index (χ0v) is 34.4. The maximum atomic E-state index is 12.6. The number of carboxylic acid groups (broad SMARTS) is 1. The van der Waals surface area contributed by atoms with E-state index in [0.717, 1.165) is 89.9 Å². The van der Waals surface area contributed by atoms with Crippen molar-refractivity contribution in [3.05, 3.63) is 109 Å². The standard InChI is InChI=1S/C44H70NO9P/c1-3-5-7-9-11-13-15-17-18-19-20-21-22-23-25-27-29-31-33-35-37-51-38-41(39-52-55(49,50)53-40-42(45)44(47)48)54-43(46)36-34-32-30-28-26-24-16-14-12-10-8-6-4-2/h5-8,11-14,17-18,20-21,23-26,29,31,41-42H,3-4,9-10,15-16,19,22,27-28,30,32-40,45H2,1-2H3,(H,47,48)(H,49,50)/b7-5-,8-6-,13-11-,14-12-,18-17-,21-20-,25-23-,26-24-,31-29-. The monoisotopic (exact) mass is 787 g/mol. The molecule has 0 rings (SSSR count). The van der Waals surface area contributed by atoms with Gasteiger partial charge in [-0.2, -0.15) is 0 Å². The molecule has 0 bridgehead atoms. The number of rotatable bonds is 36. The molecule has 11 heteroatoms. The van der Waals surface area contributed by atoms with Crippen molar-refractivity contribution in [3.63, 3.8) is 0 Å². The van der Waals surface area contributed by atoms with Crippen molar-refractivity contribution in [1.82, 2.24) is 0 Å². The molecule has 0 aliphatic carbocycles. The third-order valence-electron chi connectivity index (χ3n) is 7.55. The van der Waals surface area contributed by atoms with Gasteiger partial charge in [0.15, 0.2) is 0 Å². The SMILES string of the molecule is CC/C=C\C/C=C\C/C=C\C/C=C\C/C=C\C/C=C\CCCOCC(COP(=O)(O)OCC(N)C(=O)O)OC(=O)CCCCC/C=C\C/C=C\C/C=C\CC. The van der Waals surface area contributed by atoms with Crippen LogP contribution in [0.15, 0.2) is 109 Å². The fourth-order valence-electron chi connectivity index (χ4n) is 4.51. The summed E-state index contributed by atoms with van der Waals surface area (Å²) in [4.78, 5) is 33.4. The Morgan fingerprint density at radius 2 is 1.00 bits per heavy atom. The normalized spacial score (nSPS) is 15.1. The Balaban J connectivity index is 4.46. The Hall–Kier alpha value is -3.37. The van der Waals surface area contributed by atoms with E-state index in [4.69, 9.17) is 24.8 Å². The Morgan fingerprint density at radius 1 is 0.582 bits per heavy atom. The van der Waals surface area contributed by atoms with Gasteiger partial charge in [-0.3, -0.25) is 18.6 Å². The average Bonchev–Trinajstić information content (AvgIpc) is 3.16. The van der Waals surface area contributed by atoms with Crippen LogP contribution in [0.4, 0.5) is 0 Å². The summed E-state index contributed by atoms with van der Waals surface area (Å²) in [5.41, 5.74) is 5.33. The highest BCUT2D eigenvalue weighted by molar-refractivity contribution is 7.47. The van der Waals surface area contributed by atoms with Crippen LogP contribution >= 0.6 is 7.82 Å². The summed E-state index contributed by atoms with van der Waals surface area (Å²) in [5.74, 6) is -1.85. The molecule has 4 N–H and O–H groups in total. The van der Waals surface area contributed by atoms with Crippen LogP contribution in [0.25, 0.3) is 0 Å². The molecule has 0 radical (unpaired) electrons. The number of phosphoric ester groups is 1. The minimum Gasteiger partial charge on any atom is -0.480 e. The zero-order valence-electron chi connectivity index (χ0n) is 33.5. The Morgan fingerprint density at radius 3 is 1.45 bits per heavy atom. The van der Waals surface area contributed by atoms with Crippen LogP contribution in [0.5, 0.6) is 0 Å². The van der Waals surface area contributed by atoms with E-state index in [1.54, 1.807) is 0 Å². The lowest BCUT2D eigenvalue weighted by Crippen LogP contribution is -2.34. The number of carbonyl (C=O) groups excluding carboxylic acids is 1. The lowest BCUT2D eigenvalue weighted by molar-refractivity contribution is -0.154. The second kappa shape index (κ2) is 38.9. The third-order valence-corrected chi connectivity index (χ3v) is 8.50. The number of allylic oxidation sites excluding steroid dienone is 18. The van der Waals surface area contributed by atoms with Crippen LogP contribution in [-0.4, -0.2) is 60.5 Å². The Bertz CT molecular complexity index is 1280. The van der Waals surface area contributed by atoms with E-state index in [1.165, 1.54) is 0 Å². The van der Waals surface area contributed by atoms with Gasteiger partial charge in [0, 0.05) is 13.0 Å². The molecule has 0 fully saturated rings. The summed E-state index contributed by atoms with van der Waals surface area (Å²) >= 11 is 0. The van der Waals surface area contributed by atoms with Gasteiger partial charge < -0.3 is 25.2 Å². The fraction of sp³-hybridized carbons (Fsp3) is 0.545. The summed E-state index contributed by atoms with van der Waals surface area (Å²) in [7, 11) is -4.64. The number of unbranched alkanes of at least 4 members (excludes halogenated alkanes) is 4. The van der Waals surface area contributed by atoms with Gasteiger partial charge in [0.2, 0.25) is 0 Å². The van der Waals surface area contributed by atoms with Crippen molar-refractivity contribution < 1.29 is 42.7 Å². The first-order valence-corrected chi connectivity index (χ1v) is 21.4. The maximum Gasteiger partial charge on any atom is 0.472 e. The summed E-state index contributed by atoms with van der Waals surface area (Å²) in [5, 5.41) is 8.88. The molecule has 10 nitrogen and oxygen atoms in total. The van der Waals surface area contributed by atoms with Gasteiger partial charge in [-0.1, -0.05) is 130 Å². The van der Waals surface area contributed by atoms with Crippen LogP contribution in [0, 0.1) is 0 Å². The highest BCUT2D eigenvalue weighted by Crippen LogP contribution is 2.43. The molecule has 0 saturated heterocycles. The van der Waals surface area contributed by atoms with Crippen LogP contribution in [0.3, 0.4) is 0 Å². The predicted octanol–water partition coefficient (Wildman–Crippen LogP) is 10.7. The largest absolute Gasteiger partial charge is 0.480 e. The van der Waals surface area contributed by atoms with Gasteiger partial charge in [0.05, 0.1) is 19.8 Å². The molecule has 0 aromatic rings. The average molecular weight is 788 g/mol. The molecule has 0 aromatic carbocycles. The van der Waals surface area contributed by atoms with Gasteiger partial charge >= 0.3 is 19.8 Å². The maximum absolute atomic E-state index is 12.6. The Labute approximate surface area is 331 Å². The second-order valence-corrected chi connectivity index (χ2v) is 14.1. The molecule has 0 aromatic heterocycles. The smallest absolute Gasteiger partial charge is 0.472 e. The van der Waals surface area contributed by atoms with Crippen molar-refractivity contribution in [2.75, 3.05) is 26.4 Å². The topological polar surface area (TPSA) is 155 Å². The quantitative estimate of drug-likeness (QED) is 0.0242. The molecule has 0 amide bonds. The number of ether oxygens (including phenoxy) is 2. The fourth-order valence-corrected chi connectivity index (χ4v) is 5.29. The van der Waals surface area contributed by atoms with Crippen molar-refractivity contribution >= 4 is 19.8 Å². The number of phosphoric acid groups is 1. The lowest BCUT2D eigenvalue weighted by atomic mass is 10.1. The summed E-state index contributed by atoms with van der Waals surface area (Å²) in [6, 6.07) is -1.49. The summed E-state index contributed by atoms with van der Waals surface area (Å²) in [6.45, 7) is 3.41. The van der Waals surface area contributed by atoms with E-state index in [1.807, 2.05) is 0 Å². The molecule has 0 aliphatic rings. The van der Waals surface area contributed by atoms with Crippen molar-refractivity contribution in [3.8, 4) is 0 Å². The van der Waals surface area contributed by atoms with Crippen molar-refractivity contribution in [2.45, 2.75) is 129 Å². The zero-order chi connectivity index (χ0) is 40.5. The second-order valence-electron chi connectivity index (χ2n) is 12.6. The van der Waals surface area contributed by atoms with E-state index in [0.29, 0.717) is 13.0 Å². The molecular formula is C44H70NO9P.